The minimum Gasteiger partial charge on any atom is -0.358 e. The summed E-state index contributed by atoms with van der Waals surface area (Å²) in [4.78, 5) is 0. The van der Waals surface area contributed by atoms with E-state index in [4.69, 9.17) is 0 Å². The van der Waals surface area contributed by atoms with E-state index < -0.39 is 0 Å². The van der Waals surface area contributed by atoms with E-state index in [1.165, 1.54) is 0 Å². The van der Waals surface area contributed by atoms with Gasteiger partial charge in [-0.2, -0.15) is 24.6 Å². The van der Waals surface area contributed by atoms with Crippen LogP contribution in [0.25, 0.3) is 0 Å². The van der Waals surface area contributed by atoms with Crippen molar-refractivity contribution in [2.24, 2.45) is 0 Å². The van der Waals surface area contributed by atoms with Crippen LogP contribution in [0.4, 0.5) is 0 Å². The topological polar surface area (TPSA) is 0 Å². The van der Waals surface area contributed by atoms with Crippen molar-refractivity contribution in [3.63, 3.8) is 0 Å². The molecule has 0 heterocycles. The molecule has 1 aromatic carbocycles. The Bertz CT molecular complexity index is 168. The normalized spacial score (nSPS) is 6.08. The molecule has 12 heavy (non-hydrogen) atoms. The quantitative estimate of drug-likeness (QED) is 0.320. The smallest absolute Gasteiger partial charge is 0.358 e. The SMILES string of the molecule is C=CC.[CH2-]c1ccccc1.[CH3-].[Mg+2]. The van der Waals surface area contributed by atoms with Gasteiger partial charge in [0.2, 0.25) is 0 Å². The zero-order valence-electron chi connectivity index (χ0n) is 8.09. The largest absolute Gasteiger partial charge is 2.00 e. The summed E-state index contributed by atoms with van der Waals surface area (Å²) in [7, 11) is 0. The molecule has 0 atom stereocenters. The van der Waals surface area contributed by atoms with Gasteiger partial charge in [-0.1, -0.05) is 12.1 Å². The molecule has 0 spiro atoms. The molecule has 0 unspecified atom stereocenters. The average Bonchev–Trinajstić information content (AvgIpc) is 1.91. The third kappa shape index (κ3) is 12.3. The van der Waals surface area contributed by atoms with Crippen LogP contribution in [-0.4, -0.2) is 23.1 Å². The van der Waals surface area contributed by atoms with E-state index in [1.807, 2.05) is 37.3 Å². The van der Waals surface area contributed by atoms with Crippen LogP contribution in [0.2, 0.25) is 0 Å². The van der Waals surface area contributed by atoms with Crippen LogP contribution in [0.15, 0.2) is 43.0 Å². The Kier molecular flexibility index (Phi) is 19.4. The van der Waals surface area contributed by atoms with Gasteiger partial charge in [0.25, 0.3) is 0 Å². The van der Waals surface area contributed by atoms with Gasteiger partial charge in [0.15, 0.2) is 0 Å². The predicted octanol–water partition coefficient (Wildman–Crippen LogP) is 3.13. The molecule has 0 radical (unpaired) electrons. The van der Waals surface area contributed by atoms with Crippen molar-refractivity contribution < 1.29 is 0 Å². The standard InChI is InChI=1S/C7H7.C3H6.CH3.Mg/c1-7-5-3-2-4-6-7;1-3-2;;/h2-6H,1H2;3H,1H2,2H3;1H3;/q-1;;-1;+2. The van der Waals surface area contributed by atoms with Gasteiger partial charge in [0, 0.05) is 0 Å². The van der Waals surface area contributed by atoms with Crippen molar-refractivity contribution in [3.05, 3.63) is 62.9 Å². The summed E-state index contributed by atoms with van der Waals surface area (Å²) >= 11 is 0. The van der Waals surface area contributed by atoms with E-state index in [9.17, 15) is 0 Å². The Morgan fingerprint density at radius 1 is 1.25 bits per heavy atom. The Labute approximate surface area is 92.8 Å². The number of hydrogen-bond donors (Lipinski definition) is 0. The molecule has 0 amide bonds. The summed E-state index contributed by atoms with van der Waals surface area (Å²) in [5.74, 6) is 0. The van der Waals surface area contributed by atoms with Crippen molar-refractivity contribution in [1.82, 2.24) is 0 Å². The van der Waals surface area contributed by atoms with Gasteiger partial charge in [-0.15, -0.1) is 18.7 Å². The summed E-state index contributed by atoms with van der Waals surface area (Å²) in [6.45, 7) is 8.97. The molecule has 62 valence electrons. The number of benzene rings is 1. The molecule has 0 aliphatic heterocycles. The summed E-state index contributed by atoms with van der Waals surface area (Å²) in [5.41, 5.74) is 1.07. The molecular formula is C11H16Mg. The van der Waals surface area contributed by atoms with Crippen molar-refractivity contribution in [1.29, 1.82) is 0 Å². The number of rotatable bonds is 0. The molecule has 0 nitrogen and oxygen atoms in total. The minimum absolute atomic E-state index is 0. The fraction of sp³-hybridized carbons (Fsp3) is 0.0909. The van der Waals surface area contributed by atoms with Crippen LogP contribution in [0.3, 0.4) is 0 Å². The first kappa shape index (κ1) is 17.6. The molecular weight excluding hydrogens is 156 g/mol. The maximum Gasteiger partial charge on any atom is 2.00 e. The van der Waals surface area contributed by atoms with Gasteiger partial charge >= 0.3 is 23.1 Å². The van der Waals surface area contributed by atoms with Crippen molar-refractivity contribution in [2.45, 2.75) is 6.92 Å². The number of hydrogen-bond acceptors (Lipinski definition) is 0. The van der Waals surface area contributed by atoms with Gasteiger partial charge in [-0.05, 0) is 6.92 Å². The molecule has 0 aromatic heterocycles. The molecule has 1 aromatic rings. The second kappa shape index (κ2) is 13.2. The van der Waals surface area contributed by atoms with E-state index >= 15 is 0 Å². The Balaban J connectivity index is -0.000000146. The predicted molar refractivity (Wildman–Crippen MR) is 58.9 cm³/mol. The first-order valence-electron chi connectivity index (χ1n) is 3.25. The molecule has 0 N–H and O–H groups in total. The monoisotopic (exact) mass is 172 g/mol. The van der Waals surface area contributed by atoms with Gasteiger partial charge in [-0.25, -0.2) is 0 Å². The Morgan fingerprint density at radius 3 is 1.75 bits per heavy atom. The molecule has 1 heteroatoms. The fourth-order valence-corrected chi connectivity index (χ4v) is 0.478. The van der Waals surface area contributed by atoms with Crippen molar-refractivity contribution >= 4 is 23.1 Å². The summed E-state index contributed by atoms with van der Waals surface area (Å²) in [6, 6.07) is 9.87. The average molecular weight is 173 g/mol. The van der Waals surface area contributed by atoms with E-state index in [-0.39, 0.29) is 30.5 Å². The van der Waals surface area contributed by atoms with Gasteiger partial charge < -0.3 is 7.43 Å². The van der Waals surface area contributed by atoms with Crippen LogP contribution in [0.5, 0.6) is 0 Å². The van der Waals surface area contributed by atoms with Crippen LogP contribution in [0.1, 0.15) is 12.5 Å². The third-order valence-corrected chi connectivity index (χ3v) is 0.843. The summed E-state index contributed by atoms with van der Waals surface area (Å²) in [5, 5.41) is 0. The van der Waals surface area contributed by atoms with Crippen molar-refractivity contribution in [3.8, 4) is 0 Å². The second-order valence-corrected chi connectivity index (χ2v) is 1.89. The van der Waals surface area contributed by atoms with Crippen LogP contribution >= 0.6 is 0 Å². The Morgan fingerprint density at radius 2 is 1.58 bits per heavy atom. The summed E-state index contributed by atoms with van der Waals surface area (Å²) in [6.07, 6.45) is 1.75. The van der Waals surface area contributed by atoms with Crippen LogP contribution in [-0.2, 0) is 0 Å². The maximum atomic E-state index is 3.72. The van der Waals surface area contributed by atoms with E-state index in [1.54, 1.807) is 6.08 Å². The zero-order chi connectivity index (χ0) is 7.82. The second-order valence-electron chi connectivity index (χ2n) is 1.89. The van der Waals surface area contributed by atoms with Gasteiger partial charge in [0.05, 0.1) is 0 Å². The van der Waals surface area contributed by atoms with E-state index in [0.717, 1.165) is 5.56 Å². The maximum absolute atomic E-state index is 3.72. The minimum atomic E-state index is 0. The van der Waals surface area contributed by atoms with Crippen molar-refractivity contribution in [2.75, 3.05) is 0 Å². The molecule has 1 rings (SSSR count). The zero-order valence-corrected chi connectivity index (χ0v) is 9.50. The molecule has 0 saturated carbocycles. The first-order valence-corrected chi connectivity index (χ1v) is 3.25. The van der Waals surface area contributed by atoms with Gasteiger partial charge in [-0.3, -0.25) is 0 Å². The number of allylic oxidation sites excluding steroid dienone is 1. The van der Waals surface area contributed by atoms with Gasteiger partial charge in [0.1, 0.15) is 0 Å². The van der Waals surface area contributed by atoms with Crippen LogP contribution < -0.4 is 0 Å². The Hall–Kier alpha value is -0.404. The molecule has 0 fully saturated rings. The molecule has 0 aliphatic rings. The molecule has 0 saturated heterocycles. The fourth-order valence-electron chi connectivity index (χ4n) is 0.478. The van der Waals surface area contributed by atoms with Crippen LogP contribution in [0, 0.1) is 14.4 Å². The summed E-state index contributed by atoms with van der Waals surface area (Å²) < 4.78 is 0. The molecule has 0 bridgehead atoms. The van der Waals surface area contributed by atoms with E-state index in [2.05, 4.69) is 13.5 Å². The molecule has 0 aliphatic carbocycles. The first-order chi connectivity index (χ1) is 4.81. The van der Waals surface area contributed by atoms with E-state index in [0.29, 0.717) is 0 Å². The third-order valence-electron chi connectivity index (χ3n) is 0.843.